The molecule has 3 rings (SSSR count). The Morgan fingerprint density at radius 1 is 1.08 bits per heavy atom. The van der Waals surface area contributed by atoms with Gasteiger partial charge in [0.25, 0.3) is 5.91 Å². The Bertz CT molecular complexity index is 860. The molecule has 26 heavy (non-hydrogen) atoms. The predicted octanol–water partition coefficient (Wildman–Crippen LogP) is 3.81. The van der Waals surface area contributed by atoms with Crippen molar-refractivity contribution in [2.24, 2.45) is 0 Å². The van der Waals surface area contributed by atoms with E-state index in [1.807, 2.05) is 36.6 Å². The third kappa shape index (κ3) is 4.73. The topological polar surface area (TPSA) is 86.5 Å². The van der Waals surface area contributed by atoms with Gasteiger partial charge in [0, 0.05) is 16.6 Å². The Kier molecular flexibility index (Phi) is 5.70. The molecular formula is C19H19N3O3S. The highest BCUT2D eigenvalue weighted by molar-refractivity contribution is 7.13. The van der Waals surface area contributed by atoms with Gasteiger partial charge >= 0.3 is 0 Å². The lowest BCUT2D eigenvalue weighted by atomic mass is 10.1. The minimum absolute atomic E-state index is 0.0711. The van der Waals surface area contributed by atoms with Gasteiger partial charge in [-0.05, 0) is 43.3 Å². The summed E-state index contributed by atoms with van der Waals surface area (Å²) in [5, 5.41) is 5.22. The quantitative estimate of drug-likeness (QED) is 0.661. The van der Waals surface area contributed by atoms with Crippen LogP contribution in [0.3, 0.4) is 0 Å². The molecule has 3 aromatic rings. The maximum atomic E-state index is 12.0. The number of thiazole rings is 1. The number of nitrogens with two attached hydrogens (primary N) is 1. The van der Waals surface area contributed by atoms with E-state index in [9.17, 15) is 4.79 Å². The Morgan fingerprint density at radius 3 is 2.31 bits per heavy atom. The fourth-order valence-electron chi connectivity index (χ4n) is 2.29. The molecule has 6 nitrogen and oxygen atoms in total. The lowest BCUT2D eigenvalue weighted by molar-refractivity contribution is -0.118. The van der Waals surface area contributed by atoms with Crippen LogP contribution in [0.4, 0.5) is 10.8 Å². The molecule has 0 radical (unpaired) electrons. The average molecular weight is 369 g/mol. The molecule has 0 saturated heterocycles. The number of hydrogen-bond acceptors (Lipinski definition) is 6. The molecule has 0 saturated carbocycles. The minimum Gasteiger partial charge on any atom is -0.494 e. The van der Waals surface area contributed by atoms with E-state index in [0.29, 0.717) is 23.2 Å². The standard InChI is InChI=1S/C19H19N3O3S/c1-2-24-15-7-9-16(10-8-15)25-11-18(23)21-14-5-3-13(4-6-14)17-12-26-19(20)22-17/h3-10,12H,2,11H2,1H3,(H2,20,22)(H,21,23). The highest BCUT2D eigenvalue weighted by Gasteiger charge is 2.06. The summed E-state index contributed by atoms with van der Waals surface area (Å²) in [6.07, 6.45) is 0. The van der Waals surface area contributed by atoms with Gasteiger partial charge in [-0.1, -0.05) is 12.1 Å². The number of anilines is 2. The van der Waals surface area contributed by atoms with Crippen molar-refractivity contribution in [1.29, 1.82) is 0 Å². The minimum atomic E-state index is -0.232. The molecule has 0 aliphatic heterocycles. The van der Waals surface area contributed by atoms with Crippen LogP contribution in [0, 0.1) is 0 Å². The number of carbonyl (C=O) groups is 1. The Balaban J connectivity index is 1.51. The van der Waals surface area contributed by atoms with Gasteiger partial charge in [-0.2, -0.15) is 0 Å². The number of aromatic nitrogens is 1. The second-order valence-corrected chi connectivity index (χ2v) is 6.28. The predicted molar refractivity (Wildman–Crippen MR) is 104 cm³/mol. The van der Waals surface area contributed by atoms with Gasteiger partial charge in [0.15, 0.2) is 11.7 Å². The van der Waals surface area contributed by atoms with Crippen LogP contribution in [0.2, 0.25) is 0 Å². The number of benzene rings is 2. The number of ether oxygens (including phenoxy) is 2. The van der Waals surface area contributed by atoms with Crippen LogP contribution in [-0.4, -0.2) is 24.1 Å². The van der Waals surface area contributed by atoms with Crippen LogP contribution >= 0.6 is 11.3 Å². The zero-order valence-corrected chi connectivity index (χ0v) is 15.1. The molecule has 3 N–H and O–H groups in total. The Hall–Kier alpha value is -3.06. The lowest BCUT2D eigenvalue weighted by Gasteiger charge is -2.09. The summed E-state index contributed by atoms with van der Waals surface area (Å²) in [6.45, 7) is 2.46. The summed E-state index contributed by atoms with van der Waals surface area (Å²) in [6, 6.07) is 14.6. The first-order valence-electron chi connectivity index (χ1n) is 8.11. The highest BCUT2D eigenvalue weighted by Crippen LogP contribution is 2.24. The summed E-state index contributed by atoms with van der Waals surface area (Å²) in [5.41, 5.74) is 8.11. The SMILES string of the molecule is CCOc1ccc(OCC(=O)Nc2ccc(-c3csc(N)n3)cc2)cc1. The number of carbonyl (C=O) groups excluding carboxylic acids is 1. The summed E-state index contributed by atoms with van der Waals surface area (Å²) < 4.78 is 10.8. The first-order valence-corrected chi connectivity index (χ1v) is 8.99. The van der Waals surface area contributed by atoms with E-state index in [-0.39, 0.29) is 12.5 Å². The maximum absolute atomic E-state index is 12.0. The highest BCUT2D eigenvalue weighted by atomic mass is 32.1. The smallest absolute Gasteiger partial charge is 0.262 e. The van der Waals surface area contributed by atoms with E-state index in [1.54, 1.807) is 24.3 Å². The molecule has 0 atom stereocenters. The van der Waals surface area contributed by atoms with Gasteiger partial charge in [-0.3, -0.25) is 4.79 Å². The second kappa shape index (κ2) is 8.35. The van der Waals surface area contributed by atoms with Crippen molar-refractivity contribution in [3.05, 3.63) is 53.9 Å². The van der Waals surface area contributed by atoms with Crippen LogP contribution in [0.15, 0.2) is 53.9 Å². The van der Waals surface area contributed by atoms with Crippen LogP contribution in [0.1, 0.15) is 6.92 Å². The summed E-state index contributed by atoms with van der Waals surface area (Å²) in [4.78, 5) is 16.3. The van der Waals surface area contributed by atoms with E-state index < -0.39 is 0 Å². The van der Waals surface area contributed by atoms with Crippen LogP contribution in [-0.2, 0) is 4.79 Å². The van der Waals surface area contributed by atoms with Crippen molar-refractivity contribution in [1.82, 2.24) is 4.98 Å². The van der Waals surface area contributed by atoms with Crippen molar-refractivity contribution in [2.45, 2.75) is 6.92 Å². The van der Waals surface area contributed by atoms with Gasteiger partial charge in [0.05, 0.1) is 12.3 Å². The molecule has 0 aliphatic rings. The molecule has 0 spiro atoms. The molecule has 0 aliphatic carbocycles. The second-order valence-electron chi connectivity index (χ2n) is 5.39. The van der Waals surface area contributed by atoms with Gasteiger partial charge in [0.1, 0.15) is 11.5 Å². The molecular weight excluding hydrogens is 350 g/mol. The summed E-state index contributed by atoms with van der Waals surface area (Å²) >= 11 is 1.39. The monoisotopic (exact) mass is 369 g/mol. The number of hydrogen-bond donors (Lipinski definition) is 2. The van der Waals surface area contributed by atoms with Crippen LogP contribution in [0.5, 0.6) is 11.5 Å². The molecule has 0 unspecified atom stereocenters. The van der Waals surface area contributed by atoms with Gasteiger partial charge in [-0.25, -0.2) is 4.98 Å². The van der Waals surface area contributed by atoms with Crippen LogP contribution < -0.4 is 20.5 Å². The number of nitrogens with zero attached hydrogens (tertiary/aromatic N) is 1. The molecule has 2 aromatic carbocycles. The summed E-state index contributed by atoms with van der Waals surface area (Å²) in [5.74, 6) is 1.15. The van der Waals surface area contributed by atoms with Crippen molar-refractivity contribution >= 4 is 28.1 Å². The largest absolute Gasteiger partial charge is 0.494 e. The molecule has 1 amide bonds. The van der Waals surface area contributed by atoms with Crippen molar-refractivity contribution in [2.75, 3.05) is 24.3 Å². The number of rotatable bonds is 7. The average Bonchev–Trinajstić information content (AvgIpc) is 3.08. The Labute approximate surface area is 155 Å². The molecule has 0 bridgehead atoms. The van der Waals surface area contributed by atoms with Crippen molar-refractivity contribution < 1.29 is 14.3 Å². The van der Waals surface area contributed by atoms with Gasteiger partial charge in [-0.15, -0.1) is 11.3 Å². The van der Waals surface area contributed by atoms with E-state index in [2.05, 4.69) is 10.3 Å². The lowest BCUT2D eigenvalue weighted by Crippen LogP contribution is -2.20. The molecule has 7 heteroatoms. The zero-order valence-electron chi connectivity index (χ0n) is 14.3. The molecule has 1 aromatic heterocycles. The fraction of sp³-hybridized carbons (Fsp3) is 0.158. The van der Waals surface area contributed by atoms with Gasteiger partial charge in [0.2, 0.25) is 0 Å². The fourth-order valence-corrected chi connectivity index (χ4v) is 2.86. The third-order valence-electron chi connectivity index (χ3n) is 3.49. The van der Waals surface area contributed by atoms with Gasteiger partial charge < -0.3 is 20.5 Å². The normalized spacial score (nSPS) is 10.3. The van der Waals surface area contributed by atoms with Crippen molar-refractivity contribution in [3.63, 3.8) is 0 Å². The number of amides is 1. The molecule has 134 valence electrons. The zero-order chi connectivity index (χ0) is 18.4. The Morgan fingerprint density at radius 2 is 1.73 bits per heavy atom. The van der Waals surface area contributed by atoms with E-state index >= 15 is 0 Å². The first kappa shape index (κ1) is 17.8. The molecule has 1 heterocycles. The van der Waals surface area contributed by atoms with Crippen molar-refractivity contribution in [3.8, 4) is 22.8 Å². The maximum Gasteiger partial charge on any atom is 0.262 e. The number of nitrogens with one attached hydrogen (secondary N) is 1. The molecule has 0 fully saturated rings. The first-order chi connectivity index (χ1) is 12.6. The van der Waals surface area contributed by atoms with E-state index in [1.165, 1.54) is 11.3 Å². The van der Waals surface area contributed by atoms with Crippen LogP contribution in [0.25, 0.3) is 11.3 Å². The van der Waals surface area contributed by atoms with E-state index in [4.69, 9.17) is 15.2 Å². The number of nitrogen functional groups attached to an aromatic ring is 1. The third-order valence-corrected chi connectivity index (χ3v) is 4.16. The van der Waals surface area contributed by atoms with E-state index in [0.717, 1.165) is 17.0 Å². The summed E-state index contributed by atoms with van der Waals surface area (Å²) in [7, 11) is 0.